The number of unbranched alkanes of at least 4 members (excludes halogenated alkanes) is 1. The summed E-state index contributed by atoms with van der Waals surface area (Å²) >= 11 is 0. The Kier molecular flexibility index (Phi) is 6.55. The molecule has 5 nitrogen and oxygen atoms in total. The van der Waals surface area contributed by atoms with Crippen molar-refractivity contribution in [2.45, 2.75) is 39.5 Å². The van der Waals surface area contributed by atoms with Gasteiger partial charge >= 0.3 is 0 Å². The second kappa shape index (κ2) is 8.64. The number of Topliss-reactive ketones (excluding diaryl/α,β-unsaturated/α-hetero) is 1. The maximum absolute atomic E-state index is 11.7. The van der Waals surface area contributed by atoms with Crippen molar-refractivity contribution in [3.63, 3.8) is 0 Å². The first-order chi connectivity index (χ1) is 11.6. The molecule has 0 aliphatic heterocycles. The molecular formula is C19H27N3O2. The predicted octanol–water partition coefficient (Wildman–Crippen LogP) is 3.66. The van der Waals surface area contributed by atoms with E-state index in [1.807, 2.05) is 19.2 Å². The molecule has 1 heterocycles. The van der Waals surface area contributed by atoms with E-state index in [1.165, 1.54) is 0 Å². The average molecular weight is 329 g/mol. The Morgan fingerprint density at radius 2 is 2.12 bits per heavy atom. The summed E-state index contributed by atoms with van der Waals surface area (Å²) in [6, 6.07) is 5.46. The Hall–Kier alpha value is -2.14. The summed E-state index contributed by atoms with van der Waals surface area (Å²) in [5, 5.41) is 14.4. The standard InChI is InChI=1S/C19H27N3O2/c1-4-7-17(21-11-6-5-10-20-3)18-15-12-14(13(2)23)8-9-16(15)22-19(18)24/h8-9,12,20,22,24H,4-7,10-11H2,1-3H3. The quantitative estimate of drug-likeness (QED) is 0.373. The van der Waals surface area contributed by atoms with Crippen molar-refractivity contribution in [1.29, 1.82) is 0 Å². The van der Waals surface area contributed by atoms with Gasteiger partial charge in [0.05, 0.1) is 5.56 Å². The van der Waals surface area contributed by atoms with Gasteiger partial charge in [0.2, 0.25) is 0 Å². The summed E-state index contributed by atoms with van der Waals surface area (Å²) in [5.41, 5.74) is 3.12. The Morgan fingerprint density at radius 3 is 2.79 bits per heavy atom. The highest BCUT2D eigenvalue weighted by Crippen LogP contribution is 2.30. The maximum atomic E-state index is 11.7. The lowest BCUT2D eigenvalue weighted by molar-refractivity contribution is 0.101. The van der Waals surface area contributed by atoms with Crippen molar-refractivity contribution in [2.24, 2.45) is 4.99 Å². The molecule has 2 rings (SSSR count). The molecule has 0 radical (unpaired) electrons. The van der Waals surface area contributed by atoms with E-state index < -0.39 is 0 Å². The van der Waals surface area contributed by atoms with Gasteiger partial charge in [-0.05, 0) is 58.0 Å². The molecule has 0 atom stereocenters. The van der Waals surface area contributed by atoms with Crippen LogP contribution < -0.4 is 5.32 Å². The molecule has 0 saturated carbocycles. The zero-order chi connectivity index (χ0) is 17.5. The van der Waals surface area contributed by atoms with Crippen LogP contribution >= 0.6 is 0 Å². The summed E-state index contributed by atoms with van der Waals surface area (Å²) in [6.45, 7) is 5.38. The molecule has 1 aromatic carbocycles. The van der Waals surface area contributed by atoms with Gasteiger partial charge in [-0.2, -0.15) is 0 Å². The van der Waals surface area contributed by atoms with Crippen LogP contribution in [0.25, 0.3) is 10.9 Å². The fourth-order valence-corrected chi connectivity index (χ4v) is 2.84. The zero-order valence-corrected chi connectivity index (χ0v) is 14.8. The molecule has 0 aliphatic carbocycles. The van der Waals surface area contributed by atoms with Crippen molar-refractivity contribution in [3.8, 4) is 5.88 Å². The van der Waals surface area contributed by atoms with Crippen LogP contribution in [-0.2, 0) is 0 Å². The third kappa shape index (κ3) is 4.23. The summed E-state index contributed by atoms with van der Waals surface area (Å²) < 4.78 is 0. The number of nitrogens with one attached hydrogen (secondary N) is 2. The van der Waals surface area contributed by atoms with Gasteiger partial charge in [0.15, 0.2) is 11.7 Å². The molecule has 0 bridgehead atoms. The molecule has 0 saturated heterocycles. The van der Waals surface area contributed by atoms with Crippen molar-refractivity contribution >= 4 is 22.4 Å². The second-order valence-corrected chi connectivity index (χ2v) is 6.05. The molecule has 0 aliphatic rings. The first kappa shape index (κ1) is 18.2. The number of nitrogens with zero attached hydrogens (tertiary/aromatic N) is 1. The number of hydrogen-bond acceptors (Lipinski definition) is 4. The number of aromatic amines is 1. The maximum Gasteiger partial charge on any atom is 0.198 e. The Bertz CT molecular complexity index is 732. The van der Waals surface area contributed by atoms with Crippen LogP contribution in [0, 0.1) is 0 Å². The smallest absolute Gasteiger partial charge is 0.198 e. The predicted molar refractivity (Wildman–Crippen MR) is 99.4 cm³/mol. The zero-order valence-electron chi connectivity index (χ0n) is 14.8. The first-order valence-corrected chi connectivity index (χ1v) is 8.62. The lowest BCUT2D eigenvalue weighted by atomic mass is 10.0. The van der Waals surface area contributed by atoms with Gasteiger partial charge in [0.1, 0.15) is 0 Å². The van der Waals surface area contributed by atoms with E-state index in [4.69, 9.17) is 4.99 Å². The molecular weight excluding hydrogens is 302 g/mol. The summed E-state index contributed by atoms with van der Waals surface area (Å²) in [6.07, 6.45) is 3.84. The molecule has 5 heteroatoms. The van der Waals surface area contributed by atoms with E-state index in [2.05, 4.69) is 17.2 Å². The molecule has 1 aromatic heterocycles. The Labute approximate surface area is 143 Å². The lowest BCUT2D eigenvalue weighted by Crippen LogP contribution is -2.08. The first-order valence-electron chi connectivity index (χ1n) is 8.62. The van der Waals surface area contributed by atoms with Crippen molar-refractivity contribution in [2.75, 3.05) is 20.1 Å². The van der Waals surface area contributed by atoms with Crippen LogP contribution in [0.4, 0.5) is 0 Å². The highest BCUT2D eigenvalue weighted by molar-refractivity contribution is 6.14. The fourth-order valence-electron chi connectivity index (χ4n) is 2.84. The van der Waals surface area contributed by atoms with Gasteiger partial charge in [-0.15, -0.1) is 0 Å². The number of aromatic hydroxyl groups is 1. The average Bonchev–Trinajstić information content (AvgIpc) is 2.88. The summed E-state index contributed by atoms with van der Waals surface area (Å²) in [7, 11) is 1.95. The van der Waals surface area contributed by atoms with Gasteiger partial charge in [0, 0.05) is 28.7 Å². The van der Waals surface area contributed by atoms with Gasteiger partial charge in [0.25, 0.3) is 0 Å². The van der Waals surface area contributed by atoms with Crippen molar-refractivity contribution in [1.82, 2.24) is 10.3 Å². The number of carbonyl (C=O) groups excluding carboxylic acids is 1. The van der Waals surface area contributed by atoms with E-state index in [0.717, 1.165) is 61.0 Å². The van der Waals surface area contributed by atoms with Gasteiger partial charge in [-0.3, -0.25) is 9.79 Å². The number of ketones is 1. The number of hydrogen-bond donors (Lipinski definition) is 3. The third-order valence-corrected chi connectivity index (χ3v) is 4.10. The molecule has 0 amide bonds. The molecule has 3 N–H and O–H groups in total. The van der Waals surface area contributed by atoms with E-state index in [9.17, 15) is 9.90 Å². The minimum atomic E-state index is 0.0181. The van der Waals surface area contributed by atoms with Gasteiger partial charge in [-0.25, -0.2) is 0 Å². The lowest BCUT2D eigenvalue weighted by Gasteiger charge is -2.06. The topological polar surface area (TPSA) is 77.5 Å². The van der Waals surface area contributed by atoms with Crippen LogP contribution in [0.2, 0.25) is 0 Å². The Balaban J connectivity index is 2.37. The Morgan fingerprint density at radius 1 is 1.33 bits per heavy atom. The SMILES string of the molecule is CCCC(=NCCCCNC)c1c(O)[nH]c2ccc(C(C)=O)cc12. The number of aromatic nitrogens is 1. The van der Waals surface area contributed by atoms with Crippen molar-refractivity contribution in [3.05, 3.63) is 29.3 Å². The van der Waals surface area contributed by atoms with Crippen molar-refractivity contribution < 1.29 is 9.90 Å². The van der Waals surface area contributed by atoms with Crippen LogP contribution in [-0.4, -0.2) is 41.7 Å². The largest absolute Gasteiger partial charge is 0.494 e. The molecule has 0 fully saturated rings. The van der Waals surface area contributed by atoms with E-state index in [1.54, 1.807) is 13.0 Å². The number of carbonyl (C=O) groups is 1. The monoisotopic (exact) mass is 329 g/mol. The number of fused-ring (bicyclic) bond motifs is 1. The third-order valence-electron chi connectivity index (χ3n) is 4.10. The fraction of sp³-hybridized carbons (Fsp3) is 0.474. The molecule has 24 heavy (non-hydrogen) atoms. The summed E-state index contributed by atoms with van der Waals surface area (Å²) in [4.78, 5) is 19.4. The van der Waals surface area contributed by atoms with Crippen LogP contribution in [0.1, 0.15) is 55.5 Å². The molecule has 2 aromatic rings. The number of rotatable bonds is 9. The van der Waals surface area contributed by atoms with E-state index in [-0.39, 0.29) is 11.7 Å². The minimum absolute atomic E-state index is 0.0181. The number of H-pyrrole nitrogens is 1. The second-order valence-electron chi connectivity index (χ2n) is 6.05. The summed E-state index contributed by atoms with van der Waals surface area (Å²) in [5.74, 6) is 0.151. The van der Waals surface area contributed by atoms with E-state index >= 15 is 0 Å². The number of benzene rings is 1. The number of aliphatic imine (C=N–C) groups is 1. The highest BCUT2D eigenvalue weighted by atomic mass is 16.3. The van der Waals surface area contributed by atoms with Crippen LogP contribution in [0.3, 0.4) is 0 Å². The molecule has 0 spiro atoms. The van der Waals surface area contributed by atoms with Crippen LogP contribution in [0.15, 0.2) is 23.2 Å². The highest BCUT2D eigenvalue weighted by Gasteiger charge is 2.17. The van der Waals surface area contributed by atoms with E-state index in [0.29, 0.717) is 5.56 Å². The van der Waals surface area contributed by atoms with Gasteiger partial charge in [-0.1, -0.05) is 13.3 Å². The van der Waals surface area contributed by atoms with Crippen LogP contribution in [0.5, 0.6) is 5.88 Å². The van der Waals surface area contributed by atoms with Gasteiger partial charge < -0.3 is 15.4 Å². The molecule has 130 valence electrons. The molecule has 0 unspecified atom stereocenters. The normalized spacial score (nSPS) is 12.0. The minimum Gasteiger partial charge on any atom is -0.494 e.